The molecular formula is C21H22N4O3. The molecule has 1 aliphatic rings. The van der Waals surface area contributed by atoms with Crippen molar-refractivity contribution in [1.29, 1.82) is 0 Å². The predicted octanol–water partition coefficient (Wildman–Crippen LogP) is 2.45. The number of hydrogen-bond acceptors (Lipinski definition) is 4. The lowest BCUT2D eigenvalue weighted by atomic mass is 10.2. The first kappa shape index (κ1) is 18.0. The number of piperazine rings is 1. The van der Waals surface area contributed by atoms with Gasteiger partial charge >= 0.3 is 5.97 Å². The fourth-order valence-electron chi connectivity index (χ4n) is 3.68. The monoisotopic (exact) mass is 378 g/mol. The first-order chi connectivity index (χ1) is 13.5. The van der Waals surface area contributed by atoms with Gasteiger partial charge in [0.25, 0.3) is 0 Å². The van der Waals surface area contributed by atoms with E-state index in [1.807, 2.05) is 53.4 Å². The predicted molar refractivity (Wildman–Crippen MR) is 107 cm³/mol. The molecule has 0 radical (unpaired) electrons. The lowest BCUT2D eigenvalue weighted by molar-refractivity contribution is -0.129. The van der Waals surface area contributed by atoms with Crippen LogP contribution in [0.2, 0.25) is 0 Å². The molecule has 144 valence electrons. The Kier molecular flexibility index (Phi) is 4.73. The molecule has 1 saturated heterocycles. The first-order valence-electron chi connectivity index (χ1n) is 9.31. The quantitative estimate of drug-likeness (QED) is 0.754. The Labute approximate surface area is 162 Å². The highest BCUT2D eigenvalue weighted by Gasteiger charge is 2.21. The van der Waals surface area contributed by atoms with E-state index in [2.05, 4.69) is 9.88 Å². The van der Waals surface area contributed by atoms with Crippen LogP contribution in [0, 0.1) is 0 Å². The van der Waals surface area contributed by atoms with E-state index in [0.29, 0.717) is 25.2 Å². The van der Waals surface area contributed by atoms with Gasteiger partial charge in [-0.25, -0.2) is 9.78 Å². The van der Waals surface area contributed by atoms with Gasteiger partial charge in [0, 0.05) is 45.3 Å². The maximum absolute atomic E-state index is 11.7. The molecule has 1 fully saturated rings. The van der Waals surface area contributed by atoms with Gasteiger partial charge in [-0.3, -0.25) is 4.79 Å². The summed E-state index contributed by atoms with van der Waals surface area (Å²) in [5.74, 6) is -0.900. The molecule has 0 saturated carbocycles. The van der Waals surface area contributed by atoms with Crippen LogP contribution in [0.5, 0.6) is 0 Å². The van der Waals surface area contributed by atoms with E-state index in [-0.39, 0.29) is 11.7 Å². The topological polar surface area (TPSA) is 78.7 Å². The summed E-state index contributed by atoms with van der Waals surface area (Å²) in [5, 5.41) is 9.61. The number of carboxylic acid groups (broad SMARTS) is 1. The lowest BCUT2D eigenvalue weighted by Gasteiger charge is -2.35. The molecule has 1 amide bonds. The van der Waals surface area contributed by atoms with Crippen molar-refractivity contribution in [1.82, 2.24) is 14.5 Å². The number of carbonyl (C=O) groups excluding carboxylic acids is 1. The Hall–Kier alpha value is -3.35. The van der Waals surface area contributed by atoms with E-state index in [4.69, 9.17) is 0 Å². The minimum absolute atomic E-state index is 0.0393. The summed E-state index contributed by atoms with van der Waals surface area (Å²) in [7, 11) is 0. The standard InChI is InChI=1S/C21H22N4O3/c1-15(26)23-9-11-24(12-10-23)17-7-8-18-19(13-17)25(20(22-18)21(27)28)14-16-5-3-2-4-6-16/h2-8,13H,9-12,14H2,1H3,(H,27,28). The zero-order valence-electron chi connectivity index (χ0n) is 15.7. The molecule has 0 aliphatic carbocycles. The molecule has 3 aromatic rings. The van der Waals surface area contributed by atoms with Gasteiger partial charge < -0.3 is 19.5 Å². The second-order valence-electron chi connectivity index (χ2n) is 6.98. The number of carbonyl (C=O) groups is 2. The number of amides is 1. The largest absolute Gasteiger partial charge is 0.475 e. The second-order valence-corrected chi connectivity index (χ2v) is 6.98. The van der Waals surface area contributed by atoms with Gasteiger partial charge in [-0.1, -0.05) is 30.3 Å². The molecular weight excluding hydrogens is 356 g/mol. The Morgan fingerprint density at radius 1 is 1.04 bits per heavy atom. The third-order valence-electron chi connectivity index (χ3n) is 5.20. The van der Waals surface area contributed by atoms with Crippen LogP contribution in [0.1, 0.15) is 23.1 Å². The van der Waals surface area contributed by atoms with E-state index >= 15 is 0 Å². The van der Waals surface area contributed by atoms with Crippen LogP contribution in [0.3, 0.4) is 0 Å². The third-order valence-corrected chi connectivity index (χ3v) is 5.20. The number of benzene rings is 2. The van der Waals surface area contributed by atoms with E-state index in [1.54, 1.807) is 11.5 Å². The molecule has 2 heterocycles. The first-order valence-corrected chi connectivity index (χ1v) is 9.31. The molecule has 4 rings (SSSR count). The van der Waals surface area contributed by atoms with Gasteiger partial charge in [-0.15, -0.1) is 0 Å². The van der Waals surface area contributed by atoms with Gasteiger partial charge in [0.2, 0.25) is 11.7 Å². The van der Waals surface area contributed by atoms with Crippen molar-refractivity contribution in [3.8, 4) is 0 Å². The number of nitrogens with zero attached hydrogens (tertiary/aromatic N) is 4. The van der Waals surface area contributed by atoms with Gasteiger partial charge in [-0.05, 0) is 23.8 Å². The minimum atomic E-state index is -1.04. The maximum Gasteiger partial charge on any atom is 0.372 e. The summed E-state index contributed by atoms with van der Waals surface area (Å²) < 4.78 is 1.75. The SMILES string of the molecule is CC(=O)N1CCN(c2ccc3nc(C(=O)O)n(Cc4ccccc4)c3c2)CC1. The fraction of sp³-hybridized carbons (Fsp3) is 0.286. The molecule has 1 N–H and O–H groups in total. The maximum atomic E-state index is 11.7. The highest BCUT2D eigenvalue weighted by Crippen LogP contribution is 2.25. The summed E-state index contributed by atoms with van der Waals surface area (Å²) >= 11 is 0. The highest BCUT2D eigenvalue weighted by molar-refractivity contribution is 5.91. The Balaban J connectivity index is 1.69. The summed E-state index contributed by atoms with van der Waals surface area (Å²) in [6.07, 6.45) is 0. The molecule has 2 aromatic carbocycles. The number of hydrogen-bond donors (Lipinski definition) is 1. The lowest BCUT2D eigenvalue weighted by Crippen LogP contribution is -2.48. The van der Waals surface area contributed by atoms with E-state index in [1.165, 1.54) is 0 Å². The Morgan fingerprint density at radius 3 is 2.39 bits per heavy atom. The van der Waals surface area contributed by atoms with Crippen LogP contribution in [-0.2, 0) is 11.3 Å². The molecule has 0 unspecified atom stereocenters. The van der Waals surface area contributed by atoms with Gasteiger partial charge in [0.05, 0.1) is 11.0 Å². The van der Waals surface area contributed by atoms with E-state index in [0.717, 1.165) is 29.9 Å². The van der Waals surface area contributed by atoms with Crippen LogP contribution in [-0.4, -0.2) is 57.6 Å². The molecule has 1 aliphatic heterocycles. The Bertz CT molecular complexity index is 1020. The number of fused-ring (bicyclic) bond motifs is 1. The fourth-order valence-corrected chi connectivity index (χ4v) is 3.68. The zero-order valence-corrected chi connectivity index (χ0v) is 15.7. The Morgan fingerprint density at radius 2 is 1.75 bits per heavy atom. The highest BCUT2D eigenvalue weighted by atomic mass is 16.4. The van der Waals surface area contributed by atoms with Crippen molar-refractivity contribution in [3.05, 3.63) is 59.9 Å². The number of aromatic carboxylic acids is 1. The van der Waals surface area contributed by atoms with Crippen LogP contribution >= 0.6 is 0 Å². The van der Waals surface area contributed by atoms with Crippen molar-refractivity contribution in [2.24, 2.45) is 0 Å². The number of imidazole rings is 1. The molecule has 0 bridgehead atoms. The summed E-state index contributed by atoms with van der Waals surface area (Å²) in [5.41, 5.74) is 3.50. The second kappa shape index (κ2) is 7.34. The number of carboxylic acids is 1. The van der Waals surface area contributed by atoms with Crippen LogP contribution < -0.4 is 4.90 Å². The number of rotatable bonds is 4. The molecule has 28 heavy (non-hydrogen) atoms. The smallest absolute Gasteiger partial charge is 0.372 e. The van der Waals surface area contributed by atoms with Crippen molar-refractivity contribution in [2.45, 2.75) is 13.5 Å². The number of anilines is 1. The molecule has 7 heteroatoms. The molecule has 7 nitrogen and oxygen atoms in total. The van der Waals surface area contributed by atoms with Crippen LogP contribution in [0.4, 0.5) is 5.69 Å². The van der Waals surface area contributed by atoms with Crippen molar-refractivity contribution in [2.75, 3.05) is 31.1 Å². The minimum Gasteiger partial charge on any atom is -0.475 e. The summed E-state index contributed by atoms with van der Waals surface area (Å²) in [6.45, 7) is 4.93. The summed E-state index contributed by atoms with van der Waals surface area (Å²) in [4.78, 5) is 31.7. The van der Waals surface area contributed by atoms with Crippen molar-refractivity contribution >= 4 is 28.6 Å². The van der Waals surface area contributed by atoms with Crippen LogP contribution in [0.25, 0.3) is 11.0 Å². The third kappa shape index (κ3) is 3.43. The van der Waals surface area contributed by atoms with Gasteiger partial charge in [0.1, 0.15) is 0 Å². The zero-order chi connectivity index (χ0) is 19.7. The molecule has 0 atom stereocenters. The molecule has 1 aromatic heterocycles. The van der Waals surface area contributed by atoms with E-state index in [9.17, 15) is 14.7 Å². The van der Waals surface area contributed by atoms with Gasteiger partial charge in [-0.2, -0.15) is 0 Å². The van der Waals surface area contributed by atoms with Crippen LogP contribution in [0.15, 0.2) is 48.5 Å². The van der Waals surface area contributed by atoms with Crippen molar-refractivity contribution in [3.63, 3.8) is 0 Å². The van der Waals surface area contributed by atoms with Crippen molar-refractivity contribution < 1.29 is 14.7 Å². The normalized spacial score (nSPS) is 14.5. The van der Waals surface area contributed by atoms with Gasteiger partial charge in [0.15, 0.2) is 0 Å². The summed E-state index contributed by atoms with van der Waals surface area (Å²) in [6, 6.07) is 15.6. The average molecular weight is 378 g/mol. The van der Waals surface area contributed by atoms with E-state index < -0.39 is 5.97 Å². The molecule has 0 spiro atoms. The number of aromatic nitrogens is 2. The average Bonchev–Trinajstić information content (AvgIpc) is 3.07.